The van der Waals surface area contributed by atoms with Crippen LogP contribution < -0.4 is 5.32 Å². The van der Waals surface area contributed by atoms with Crippen molar-refractivity contribution in [3.05, 3.63) is 18.0 Å². The summed E-state index contributed by atoms with van der Waals surface area (Å²) in [6.45, 7) is 0. The maximum absolute atomic E-state index is 8.60. The van der Waals surface area contributed by atoms with Gasteiger partial charge in [-0.15, -0.1) is 0 Å². The number of aromatic nitrogens is 2. The Morgan fingerprint density at radius 3 is 2.47 bits per heavy atom. The van der Waals surface area contributed by atoms with Gasteiger partial charge in [-0.1, -0.05) is 19.3 Å². The smallest absolute Gasteiger partial charge is 0.222 e. The molecule has 1 fully saturated rings. The van der Waals surface area contributed by atoms with E-state index in [-0.39, 0.29) is 0 Å². The number of hydrogen-bond acceptors (Lipinski definition) is 4. The molecule has 1 aromatic rings. The molecular formula is C11H14N4. The average Bonchev–Trinajstić information content (AvgIpc) is 2.31. The van der Waals surface area contributed by atoms with E-state index in [1.165, 1.54) is 32.1 Å². The van der Waals surface area contributed by atoms with E-state index in [2.05, 4.69) is 15.3 Å². The lowest BCUT2D eigenvalue weighted by molar-refractivity contribution is 0.461. The quantitative estimate of drug-likeness (QED) is 0.797. The van der Waals surface area contributed by atoms with Crippen LogP contribution >= 0.6 is 0 Å². The van der Waals surface area contributed by atoms with E-state index in [0.29, 0.717) is 17.6 Å². The van der Waals surface area contributed by atoms with Gasteiger partial charge >= 0.3 is 0 Å². The van der Waals surface area contributed by atoms with Crippen molar-refractivity contribution < 1.29 is 0 Å². The van der Waals surface area contributed by atoms with Gasteiger partial charge in [0.1, 0.15) is 6.07 Å². The maximum atomic E-state index is 8.60. The van der Waals surface area contributed by atoms with Gasteiger partial charge in [0, 0.05) is 6.04 Å². The maximum Gasteiger partial charge on any atom is 0.222 e. The number of nitrogens with one attached hydrogen (secondary N) is 1. The Balaban J connectivity index is 1.95. The first-order valence-electron chi connectivity index (χ1n) is 5.37. The number of anilines is 1. The first kappa shape index (κ1) is 9.91. The summed E-state index contributed by atoms with van der Waals surface area (Å²) < 4.78 is 0. The molecule has 0 aromatic carbocycles. The molecule has 0 amide bonds. The molecule has 78 valence electrons. The Kier molecular flexibility index (Phi) is 3.13. The molecule has 0 aliphatic heterocycles. The molecule has 0 radical (unpaired) electrons. The van der Waals surface area contributed by atoms with Crippen LogP contribution in [0.5, 0.6) is 0 Å². The first-order chi connectivity index (χ1) is 7.38. The Morgan fingerprint density at radius 1 is 1.20 bits per heavy atom. The van der Waals surface area contributed by atoms with E-state index in [1.807, 2.05) is 6.07 Å². The van der Waals surface area contributed by atoms with Crippen molar-refractivity contribution in [1.82, 2.24) is 9.97 Å². The summed E-state index contributed by atoms with van der Waals surface area (Å²) in [5, 5.41) is 11.9. The minimum atomic E-state index is 0.504. The van der Waals surface area contributed by atoms with Gasteiger partial charge in [0.2, 0.25) is 5.95 Å². The van der Waals surface area contributed by atoms with Crippen LogP contribution in [0.4, 0.5) is 5.95 Å². The third-order valence-corrected chi connectivity index (χ3v) is 2.72. The van der Waals surface area contributed by atoms with Gasteiger partial charge in [-0.05, 0) is 12.8 Å². The molecule has 0 bridgehead atoms. The van der Waals surface area contributed by atoms with Crippen LogP contribution in [-0.4, -0.2) is 16.0 Å². The van der Waals surface area contributed by atoms with Gasteiger partial charge in [-0.2, -0.15) is 5.26 Å². The van der Waals surface area contributed by atoms with E-state index >= 15 is 0 Å². The highest BCUT2D eigenvalue weighted by atomic mass is 15.1. The fourth-order valence-electron chi connectivity index (χ4n) is 1.89. The minimum absolute atomic E-state index is 0.504. The molecular weight excluding hydrogens is 188 g/mol. The van der Waals surface area contributed by atoms with Crippen molar-refractivity contribution in [2.45, 2.75) is 38.1 Å². The van der Waals surface area contributed by atoms with Gasteiger partial charge in [-0.3, -0.25) is 0 Å². The summed E-state index contributed by atoms with van der Waals surface area (Å²) in [5.41, 5.74) is 0.504. The van der Waals surface area contributed by atoms with Crippen LogP contribution in [0, 0.1) is 11.3 Å². The van der Waals surface area contributed by atoms with Crippen molar-refractivity contribution >= 4 is 5.95 Å². The summed E-state index contributed by atoms with van der Waals surface area (Å²) in [6, 6.07) is 2.51. The largest absolute Gasteiger partial charge is 0.351 e. The molecule has 15 heavy (non-hydrogen) atoms. The third kappa shape index (κ3) is 2.66. The zero-order chi connectivity index (χ0) is 10.5. The molecule has 4 nitrogen and oxygen atoms in total. The normalized spacial score (nSPS) is 17.0. The number of nitriles is 1. The van der Waals surface area contributed by atoms with Crippen LogP contribution in [0.1, 0.15) is 37.7 Å². The lowest BCUT2D eigenvalue weighted by atomic mass is 9.96. The molecule has 0 atom stereocenters. The summed E-state index contributed by atoms with van der Waals surface area (Å²) in [4.78, 5) is 8.20. The summed E-state index contributed by atoms with van der Waals surface area (Å²) >= 11 is 0. The average molecular weight is 202 g/mol. The number of nitrogens with zero attached hydrogens (tertiary/aromatic N) is 3. The van der Waals surface area contributed by atoms with Crippen molar-refractivity contribution in [3.8, 4) is 6.07 Å². The fourth-order valence-corrected chi connectivity index (χ4v) is 1.89. The summed E-state index contributed by atoms with van der Waals surface area (Å²) in [5.74, 6) is 0.640. The standard InChI is InChI=1S/C11H14N4/c12-6-9-7-13-11(14-8-9)15-10-4-2-1-3-5-10/h7-8,10H,1-5H2,(H,13,14,15). The Hall–Kier alpha value is -1.63. The Morgan fingerprint density at radius 2 is 1.87 bits per heavy atom. The van der Waals surface area contributed by atoms with Gasteiger partial charge in [0.25, 0.3) is 0 Å². The summed E-state index contributed by atoms with van der Waals surface area (Å²) in [6.07, 6.45) is 9.41. The highest BCUT2D eigenvalue weighted by Gasteiger charge is 2.13. The zero-order valence-corrected chi connectivity index (χ0v) is 8.61. The second kappa shape index (κ2) is 4.74. The van der Waals surface area contributed by atoms with Crippen LogP contribution in [0.15, 0.2) is 12.4 Å². The van der Waals surface area contributed by atoms with Crippen molar-refractivity contribution in [1.29, 1.82) is 5.26 Å². The molecule has 1 heterocycles. The van der Waals surface area contributed by atoms with Gasteiger partial charge in [0.15, 0.2) is 0 Å². The molecule has 1 N–H and O–H groups in total. The highest BCUT2D eigenvalue weighted by Crippen LogP contribution is 2.19. The lowest BCUT2D eigenvalue weighted by Gasteiger charge is -2.22. The van der Waals surface area contributed by atoms with Crippen LogP contribution in [0.3, 0.4) is 0 Å². The monoisotopic (exact) mass is 202 g/mol. The SMILES string of the molecule is N#Cc1cnc(NC2CCCCC2)nc1. The van der Waals surface area contributed by atoms with E-state index in [1.54, 1.807) is 12.4 Å². The molecule has 4 heteroatoms. The highest BCUT2D eigenvalue weighted by molar-refractivity contribution is 5.30. The molecule has 1 saturated carbocycles. The van der Waals surface area contributed by atoms with E-state index in [9.17, 15) is 0 Å². The Labute approximate surface area is 89.4 Å². The van der Waals surface area contributed by atoms with E-state index in [0.717, 1.165) is 0 Å². The third-order valence-electron chi connectivity index (χ3n) is 2.72. The van der Waals surface area contributed by atoms with Crippen molar-refractivity contribution in [3.63, 3.8) is 0 Å². The molecule has 1 aliphatic carbocycles. The number of rotatable bonds is 2. The van der Waals surface area contributed by atoms with Crippen LogP contribution in [-0.2, 0) is 0 Å². The van der Waals surface area contributed by atoms with E-state index < -0.39 is 0 Å². The van der Waals surface area contributed by atoms with Crippen molar-refractivity contribution in [2.75, 3.05) is 5.32 Å². The van der Waals surface area contributed by atoms with E-state index in [4.69, 9.17) is 5.26 Å². The topological polar surface area (TPSA) is 61.6 Å². The predicted molar refractivity (Wildman–Crippen MR) is 57.2 cm³/mol. The predicted octanol–water partition coefficient (Wildman–Crippen LogP) is 2.09. The molecule has 0 saturated heterocycles. The van der Waals surface area contributed by atoms with Crippen molar-refractivity contribution in [2.24, 2.45) is 0 Å². The molecule has 1 aliphatic rings. The van der Waals surface area contributed by atoms with Gasteiger partial charge < -0.3 is 5.32 Å². The molecule has 1 aromatic heterocycles. The van der Waals surface area contributed by atoms with Crippen LogP contribution in [0.2, 0.25) is 0 Å². The number of hydrogen-bond donors (Lipinski definition) is 1. The second-order valence-electron chi connectivity index (χ2n) is 3.89. The summed E-state index contributed by atoms with van der Waals surface area (Å²) in [7, 11) is 0. The minimum Gasteiger partial charge on any atom is -0.351 e. The molecule has 2 rings (SSSR count). The molecule has 0 unspecified atom stereocenters. The first-order valence-corrected chi connectivity index (χ1v) is 5.37. The molecule has 0 spiro atoms. The van der Waals surface area contributed by atoms with Gasteiger partial charge in [-0.25, -0.2) is 9.97 Å². The lowest BCUT2D eigenvalue weighted by Crippen LogP contribution is -2.23. The second-order valence-corrected chi connectivity index (χ2v) is 3.89. The van der Waals surface area contributed by atoms with Crippen LogP contribution in [0.25, 0.3) is 0 Å². The van der Waals surface area contributed by atoms with Gasteiger partial charge in [0.05, 0.1) is 18.0 Å². The fraction of sp³-hybridized carbons (Fsp3) is 0.545. The Bertz CT molecular complexity index is 346. The zero-order valence-electron chi connectivity index (χ0n) is 8.61.